The molecule has 0 spiro atoms. The Labute approximate surface area is 187 Å². The van der Waals surface area contributed by atoms with Crippen molar-refractivity contribution < 1.29 is 14.3 Å². The Hall–Kier alpha value is -2.54. The number of hydrogen-bond acceptors (Lipinski definition) is 6. The number of allylic oxidation sites excluding steroid dienone is 1. The van der Waals surface area contributed by atoms with Crippen LogP contribution >= 0.6 is 11.8 Å². The van der Waals surface area contributed by atoms with E-state index in [1.165, 1.54) is 37.3 Å². The molecular weight excluding hydrogens is 410 g/mol. The molecule has 0 radical (unpaired) electrons. The lowest BCUT2D eigenvalue weighted by Crippen LogP contribution is -2.38. The van der Waals surface area contributed by atoms with Crippen molar-refractivity contribution in [1.29, 1.82) is 0 Å². The van der Waals surface area contributed by atoms with Gasteiger partial charge < -0.3 is 15.0 Å². The average molecular weight is 440 g/mol. The molecule has 7 heteroatoms. The van der Waals surface area contributed by atoms with Crippen LogP contribution in [0.5, 0.6) is 0 Å². The van der Waals surface area contributed by atoms with Crippen LogP contribution < -0.4 is 5.32 Å². The third kappa shape index (κ3) is 4.56. The van der Waals surface area contributed by atoms with Crippen molar-refractivity contribution in [2.75, 3.05) is 13.7 Å². The molecule has 2 aliphatic heterocycles. The standard InChI is InChI=1S/C24H29N3O3S/c1-14(2)17-7-9-18(10-8-17)22-21(23(29)30-4)15(3)26-24-27(22)19(13-31-24)11-20(28)25-12-16-5-6-16/h7-10,13-14,16,22H,5-6,11-12H2,1-4H3,(H,25,28)/t22-/m1/s1. The predicted octanol–water partition coefficient (Wildman–Crippen LogP) is 4.47. The fraction of sp³-hybridized carbons (Fsp3) is 0.458. The molecule has 1 aliphatic carbocycles. The van der Waals surface area contributed by atoms with Crippen LogP contribution in [0.1, 0.15) is 63.1 Å². The van der Waals surface area contributed by atoms with E-state index in [1.54, 1.807) is 0 Å². The van der Waals surface area contributed by atoms with Gasteiger partial charge in [-0.25, -0.2) is 9.79 Å². The maximum absolute atomic E-state index is 12.8. The number of esters is 1. The molecular formula is C24H29N3O3S. The van der Waals surface area contributed by atoms with E-state index in [0.717, 1.165) is 23.0 Å². The van der Waals surface area contributed by atoms with Gasteiger partial charge in [0.15, 0.2) is 5.17 Å². The molecule has 0 aromatic heterocycles. The molecule has 3 aliphatic rings. The summed E-state index contributed by atoms with van der Waals surface area (Å²) in [6.07, 6.45) is 2.65. The molecule has 0 saturated heterocycles. The fourth-order valence-electron chi connectivity index (χ4n) is 3.93. The van der Waals surface area contributed by atoms with Gasteiger partial charge in [-0.1, -0.05) is 49.9 Å². The van der Waals surface area contributed by atoms with Gasteiger partial charge >= 0.3 is 5.97 Å². The SMILES string of the molecule is COC(=O)C1=C(C)N=C2SC=C(CC(=O)NCC3CC3)N2[C@@H]1c1ccc(C(C)C)cc1. The van der Waals surface area contributed by atoms with Gasteiger partial charge in [-0.15, -0.1) is 0 Å². The van der Waals surface area contributed by atoms with Crippen LogP contribution in [0, 0.1) is 5.92 Å². The number of rotatable bonds is 7. The van der Waals surface area contributed by atoms with E-state index in [0.29, 0.717) is 23.1 Å². The maximum Gasteiger partial charge on any atom is 0.338 e. The van der Waals surface area contributed by atoms with Gasteiger partial charge in [-0.2, -0.15) is 0 Å². The molecule has 1 amide bonds. The number of amidine groups is 1. The van der Waals surface area contributed by atoms with E-state index in [9.17, 15) is 9.59 Å². The van der Waals surface area contributed by atoms with Crippen LogP contribution in [0.25, 0.3) is 0 Å². The number of carbonyl (C=O) groups is 2. The van der Waals surface area contributed by atoms with Gasteiger partial charge in [0.25, 0.3) is 0 Å². The van der Waals surface area contributed by atoms with E-state index < -0.39 is 5.97 Å². The summed E-state index contributed by atoms with van der Waals surface area (Å²) < 4.78 is 5.11. The molecule has 0 bridgehead atoms. The van der Waals surface area contributed by atoms with E-state index in [1.807, 2.05) is 17.2 Å². The lowest BCUT2D eigenvalue weighted by molar-refractivity contribution is -0.136. The first kappa shape index (κ1) is 21.7. The van der Waals surface area contributed by atoms with Crippen molar-refractivity contribution in [2.24, 2.45) is 10.9 Å². The normalized spacial score (nSPS) is 20.4. The van der Waals surface area contributed by atoms with Crippen LogP contribution in [-0.2, 0) is 14.3 Å². The second kappa shape index (κ2) is 8.91. The zero-order chi connectivity index (χ0) is 22.1. The molecule has 0 unspecified atom stereocenters. The molecule has 6 nitrogen and oxygen atoms in total. The molecule has 1 saturated carbocycles. The Morgan fingerprint density at radius 3 is 2.58 bits per heavy atom. The highest BCUT2D eigenvalue weighted by atomic mass is 32.2. The van der Waals surface area contributed by atoms with Crippen molar-refractivity contribution in [3.8, 4) is 0 Å². The molecule has 1 fully saturated rings. The van der Waals surface area contributed by atoms with Gasteiger partial charge in [0, 0.05) is 12.2 Å². The Morgan fingerprint density at radius 2 is 1.97 bits per heavy atom. The third-order valence-corrected chi connectivity index (χ3v) is 6.84. The summed E-state index contributed by atoms with van der Waals surface area (Å²) in [5, 5.41) is 5.79. The first-order valence-electron chi connectivity index (χ1n) is 10.8. The Balaban J connectivity index is 1.66. The minimum atomic E-state index is -0.396. The second-order valence-electron chi connectivity index (χ2n) is 8.63. The average Bonchev–Trinajstić information content (AvgIpc) is 3.51. The van der Waals surface area contributed by atoms with Crippen LogP contribution in [0.4, 0.5) is 0 Å². The number of ether oxygens (including phenoxy) is 1. The monoisotopic (exact) mass is 439 g/mol. The first-order valence-corrected chi connectivity index (χ1v) is 11.7. The van der Waals surface area contributed by atoms with E-state index in [2.05, 4.69) is 48.4 Å². The van der Waals surface area contributed by atoms with Crippen LogP contribution in [0.2, 0.25) is 0 Å². The minimum absolute atomic E-state index is 0.000186. The van der Waals surface area contributed by atoms with Crippen molar-refractivity contribution in [1.82, 2.24) is 10.2 Å². The molecule has 4 rings (SSSR count). The molecule has 1 aromatic carbocycles. The number of carbonyl (C=O) groups excluding carboxylic acids is 2. The van der Waals surface area contributed by atoms with Crippen molar-refractivity contribution in [3.63, 3.8) is 0 Å². The van der Waals surface area contributed by atoms with Crippen molar-refractivity contribution in [2.45, 2.75) is 52.0 Å². The third-order valence-electron chi connectivity index (χ3n) is 5.95. The molecule has 164 valence electrons. The Morgan fingerprint density at radius 1 is 1.26 bits per heavy atom. The highest BCUT2D eigenvalue weighted by Gasteiger charge is 2.41. The van der Waals surface area contributed by atoms with Crippen LogP contribution in [0.15, 0.2) is 51.6 Å². The number of benzene rings is 1. The summed E-state index contributed by atoms with van der Waals surface area (Å²) >= 11 is 1.49. The fourth-order valence-corrected chi connectivity index (χ4v) is 4.89. The van der Waals surface area contributed by atoms with Gasteiger partial charge in [0.2, 0.25) is 5.91 Å². The number of thioether (sulfide) groups is 1. The zero-order valence-electron chi connectivity index (χ0n) is 18.5. The summed E-state index contributed by atoms with van der Waals surface area (Å²) in [5.74, 6) is 0.655. The van der Waals surface area contributed by atoms with Crippen molar-refractivity contribution >= 4 is 28.8 Å². The largest absolute Gasteiger partial charge is 0.466 e. The molecule has 1 aromatic rings. The molecule has 31 heavy (non-hydrogen) atoms. The second-order valence-corrected chi connectivity index (χ2v) is 9.47. The number of nitrogens with one attached hydrogen (secondary N) is 1. The van der Waals surface area contributed by atoms with Gasteiger partial charge in [-0.3, -0.25) is 4.79 Å². The van der Waals surface area contributed by atoms with E-state index in [4.69, 9.17) is 4.74 Å². The number of nitrogens with zero attached hydrogens (tertiary/aromatic N) is 2. The summed E-state index contributed by atoms with van der Waals surface area (Å²) in [6, 6.07) is 7.95. The van der Waals surface area contributed by atoms with Gasteiger partial charge in [0.05, 0.1) is 30.8 Å². The highest BCUT2D eigenvalue weighted by Crippen LogP contribution is 2.45. The Kier molecular flexibility index (Phi) is 6.23. The smallest absolute Gasteiger partial charge is 0.338 e. The number of hydrogen-bond donors (Lipinski definition) is 1. The number of aliphatic imine (C=N–C) groups is 1. The number of methoxy groups -OCH3 is 1. The van der Waals surface area contributed by atoms with E-state index in [-0.39, 0.29) is 18.4 Å². The topological polar surface area (TPSA) is 71.0 Å². The Bertz CT molecular complexity index is 974. The first-order chi connectivity index (χ1) is 14.9. The lowest BCUT2D eigenvalue weighted by Gasteiger charge is -2.36. The summed E-state index contributed by atoms with van der Waals surface area (Å²) in [7, 11) is 1.39. The molecule has 1 N–H and O–H groups in total. The van der Waals surface area contributed by atoms with Gasteiger partial charge in [0.1, 0.15) is 0 Å². The number of fused-ring (bicyclic) bond motifs is 1. The zero-order valence-corrected chi connectivity index (χ0v) is 19.3. The number of amides is 1. The van der Waals surface area contributed by atoms with Crippen LogP contribution in [0.3, 0.4) is 0 Å². The maximum atomic E-state index is 12.8. The van der Waals surface area contributed by atoms with Crippen molar-refractivity contribution in [3.05, 3.63) is 57.8 Å². The lowest BCUT2D eigenvalue weighted by atomic mass is 9.92. The van der Waals surface area contributed by atoms with Gasteiger partial charge in [-0.05, 0) is 48.1 Å². The van der Waals surface area contributed by atoms with E-state index >= 15 is 0 Å². The summed E-state index contributed by atoms with van der Waals surface area (Å²) in [6.45, 7) is 6.89. The van der Waals surface area contributed by atoms with Crippen LogP contribution in [-0.4, -0.2) is 35.6 Å². The molecule has 2 heterocycles. The quantitative estimate of drug-likeness (QED) is 0.635. The predicted molar refractivity (Wildman–Crippen MR) is 123 cm³/mol. The highest BCUT2D eigenvalue weighted by molar-refractivity contribution is 8.16. The molecule has 1 atom stereocenters. The summed E-state index contributed by atoms with van der Waals surface area (Å²) in [4.78, 5) is 32.0. The minimum Gasteiger partial charge on any atom is -0.466 e. The summed E-state index contributed by atoms with van der Waals surface area (Å²) in [5.41, 5.74) is 4.22.